The third-order valence-corrected chi connectivity index (χ3v) is 4.31. The van der Waals surface area contributed by atoms with Gasteiger partial charge in [0.05, 0.1) is 11.0 Å². The van der Waals surface area contributed by atoms with Crippen molar-refractivity contribution in [3.63, 3.8) is 0 Å². The first kappa shape index (κ1) is 11.7. The third kappa shape index (κ3) is 1.27. The molecule has 100 valence electrons. The molecule has 3 nitrogen and oxygen atoms in total. The molecule has 5 aromatic rings. The van der Waals surface area contributed by atoms with Gasteiger partial charge in [0.2, 0.25) is 0 Å². The van der Waals surface area contributed by atoms with Crippen molar-refractivity contribution in [2.24, 2.45) is 0 Å². The predicted molar refractivity (Wildman–Crippen MR) is 90.6 cm³/mol. The third-order valence-electron chi connectivity index (χ3n) is 4.31. The number of fused-ring (bicyclic) bond motifs is 4. The van der Waals surface area contributed by atoms with Gasteiger partial charge in [-0.2, -0.15) is 0 Å². The van der Waals surface area contributed by atoms with Crippen LogP contribution >= 0.6 is 0 Å². The molecule has 0 atom stereocenters. The van der Waals surface area contributed by atoms with E-state index in [9.17, 15) is 4.79 Å². The lowest BCUT2D eigenvalue weighted by molar-refractivity contribution is 1.19. The fraction of sp³-hybridized carbons (Fsp3) is 0. The van der Waals surface area contributed by atoms with Crippen molar-refractivity contribution >= 4 is 51.5 Å². The van der Waals surface area contributed by atoms with E-state index < -0.39 is 0 Å². The number of para-hydroxylation sites is 2. The van der Waals surface area contributed by atoms with Crippen LogP contribution in [0.5, 0.6) is 0 Å². The standard InChI is InChI=1S/C18H9BN2O/c19-13-9-8-12-16-10(13)4-3-5-11(16)17-20-14-6-1-2-7-15(14)21(17)18(12)22/h1-9H. The molecule has 5 rings (SSSR count). The molecule has 0 spiro atoms. The average molecular weight is 280 g/mol. The Balaban J connectivity index is 2.25. The lowest BCUT2D eigenvalue weighted by atomic mass is 9.88. The van der Waals surface area contributed by atoms with Gasteiger partial charge in [-0.05, 0) is 23.6 Å². The normalized spacial score (nSPS) is 12.0. The van der Waals surface area contributed by atoms with Gasteiger partial charge in [0.1, 0.15) is 13.5 Å². The smallest absolute Gasteiger partial charge is 0.264 e. The maximum atomic E-state index is 13.0. The molecular weight excluding hydrogens is 271 g/mol. The van der Waals surface area contributed by atoms with E-state index in [2.05, 4.69) is 4.98 Å². The van der Waals surface area contributed by atoms with E-state index >= 15 is 0 Å². The first-order valence-corrected chi connectivity index (χ1v) is 7.09. The molecule has 0 unspecified atom stereocenters. The number of benzene rings is 3. The summed E-state index contributed by atoms with van der Waals surface area (Å²) in [4.78, 5) is 17.6. The molecular formula is C18H9BN2O. The number of pyridine rings is 1. The minimum atomic E-state index is -0.0487. The molecule has 3 aromatic carbocycles. The average Bonchev–Trinajstić information content (AvgIpc) is 2.94. The Morgan fingerprint density at radius 2 is 1.68 bits per heavy atom. The van der Waals surface area contributed by atoms with Gasteiger partial charge in [0, 0.05) is 16.2 Å². The van der Waals surface area contributed by atoms with Crippen molar-refractivity contribution in [3.8, 4) is 0 Å². The largest absolute Gasteiger partial charge is 0.268 e. The van der Waals surface area contributed by atoms with Crippen LogP contribution in [0.4, 0.5) is 0 Å². The van der Waals surface area contributed by atoms with Gasteiger partial charge in [-0.1, -0.05) is 41.9 Å². The Labute approximate surface area is 126 Å². The molecule has 0 amide bonds. The summed E-state index contributed by atoms with van der Waals surface area (Å²) < 4.78 is 1.70. The summed E-state index contributed by atoms with van der Waals surface area (Å²) in [5.41, 5.74) is 2.98. The van der Waals surface area contributed by atoms with Gasteiger partial charge in [0.15, 0.2) is 0 Å². The molecule has 0 aliphatic carbocycles. The zero-order valence-electron chi connectivity index (χ0n) is 11.6. The summed E-state index contributed by atoms with van der Waals surface area (Å²) in [6.07, 6.45) is 0. The first-order chi connectivity index (χ1) is 10.8. The van der Waals surface area contributed by atoms with Gasteiger partial charge in [-0.25, -0.2) is 4.98 Å². The Morgan fingerprint density at radius 3 is 2.59 bits per heavy atom. The second-order valence-corrected chi connectivity index (χ2v) is 5.50. The number of nitrogens with zero attached hydrogens (tertiary/aromatic N) is 2. The molecule has 0 saturated heterocycles. The highest BCUT2D eigenvalue weighted by Gasteiger charge is 2.15. The van der Waals surface area contributed by atoms with Crippen LogP contribution in [0.1, 0.15) is 0 Å². The van der Waals surface area contributed by atoms with E-state index in [1.54, 1.807) is 16.5 Å². The summed E-state index contributed by atoms with van der Waals surface area (Å²) in [6, 6.07) is 17.2. The molecule has 0 aliphatic rings. The Hall–Kier alpha value is -2.88. The Kier molecular flexibility index (Phi) is 2.06. The van der Waals surface area contributed by atoms with E-state index in [-0.39, 0.29) is 5.56 Å². The van der Waals surface area contributed by atoms with E-state index in [1.165, 1.54) is 0 Å². The number of hydrogen-bond donors (Lipinski definition) is 0. The van der Waals surface area contributed by atoms with E-state index in [0.29, 0.717) is 16.5 Å². The van der Waals surface area contributed by atoms with Crippen LogP contribution in [0.25, 0.3) is 38.2 Å². The van der Waals surface area contributed by atoms with Crippen LogP contribution in [-0.2, 0) is 0 Å². The van der Waals surface area contributed by atoms with Crippen LogP contribution in [0, 0.1) is 0 Å². The summed E-state index contributed by atoms with van der Waals surface area (Å²) in [7, 11) is 6.07. The number of aromatic nitrogens is 2. The summed E-state index contributed by atoms with van der Waals surface area (Å²) >= 11 is 0. The lowest BCUT2D eigenvalue weighted by Crippen LogP contribution is -2.15. The Bertz CT molecular complexity index is 1260. The number of imidazole rings is 1. The molecule has 2 radical (unpaired) electrons. The van der Waals surface area contributed by atoms with Crippen molar-refractivity contribution < 1.29 is 0 Å². The van der Waals surface area contributed by atoms with Gasteiger partial charge >= 0.3 is 0 Å². The molecule has 0 fully saturated rings. The number of rotatable bonds is 0. The minimum Gasteiger partial charge on any atom is -0.268 e. The Morgan fingerprint density at radius 1 is 0.864 bits per heavy atom. The molecule has 2 aromatic heterocycles. The topological polar surface area (TPSA) is 34.4 Å². The predicted octanol–water partition coefficient (Wildman–Crippen LogP) is 2.39. The highest BCUT2D eigenvalue weighted by atomic mass is 16.1. The van der Waals surface area contributed by atoms with E-state index in [0.717, 1.165) is 27.2 Å². The van der Waals surface area contributed by atoms with Crippen LogP contribution in [-0.4, -0.2) is 17.2 Å². The zero-order valence-corrected chi connectivity index (χ0v) is 11.6. The summed E-state index contributed by atoms with van der Waals surface area (Å²) in [6.45, 7) is 0. The first-order valence-electron chi connectivity index (χ1n) is 7.09. The van der Waals surface area contributed by atoms with E-state index in [1.807, 2.05) is 42.5 Å². The summed E-state index contributed by atoms with van der Waals surface area (Å²) in [5, 5.41) is 3.43. The highest BCUT2D eigenvalue weighted by Crippen LogP contribution is 2.28. The quantitative estimate of drug-likeness (QED) is 0.408. The van der Waals surface area contributed by atoms with Gasteiger partial charge in [0.25, 0.3) is 5.56 Å². The zero-order chi connectivity index (χ0) is 14.8. The molecule has 2 heterocycles. The maximum Gasteiger partial charge on any atom is 0.264 e. The molecule has 4 heteroatoms. The van der Waals surface area contributed by atoms with Gasteiger partial charge in [-0.3, -0.25) is 9.20 Å². The van der Waals surface area contributed by atoms with Crippen molar-refractivity contribution in [1.82, 2.24) is 9.38 Å². The fourth-order valence-electron chi connectivity index (χ4n) is 3.33. The minimum absolute atomic E-state index is 0.0487. The molecule has 0 bridgehead atoms. The van der Waals surface area contributed by atoms with Crippen LogP contribution < -0.4 is 11.0 Å². The SMILES string of the molecule is [B]c1ccc2c(=O)n3c4ccccc4nc3c3cccc1c23. The lowest BCUT2D eigenvalue weighted by Gasteiger charge is -2.09. The van der Waals surface area contributed by atoms with Crippen LogP contribution in [0.3, 0.4) is 0 Å². The van der Waals surface area contributed by atoms with Gasteiger partial charge in [-0.15, -0.1) is 0 Å². The van der Waals surface area contributed by atoms with Gasteiger partial charge < -0.3 is 0 Å². The summed E-state index contributed by atoms with van der Waals surface area (Å²) in [5.74, 6) is 0. The molecule has 0 N–H and O–H groups in total. The second-order valence-electron chi connectivity index (χ2n) is 5.50. The van der Waals surface area contributed by atoms with Crippen molar-refractivity contribution in [1.29, 1.82) is 0 Å². The molecule has 0 saturated carbocycles. The van der Waals surface area contributed by atoms with Crippen molar-refractivity contribution in [2.45, 2.75) is 0 Å². The molecule has 22 heavy (non-hydrogen) atoms. The monoisotopic (exact) mass is 280 g/mol. The van der Waals surface area contributed by atoms with Crippen LogP contribution in [0.15, 0.2) is 59.4 Å². The second kappa shape index (κ2) is 3.86. The maximum absolute atomic E-state index is 13.0. The van der Waals surface area contributed by atoms with Crippen molar-refractivity contribution in [3.05, 3.63) is 65.0 Å². The highest BCUT2D eigenvalue weighted by molar-refractivity contribution is 6.41. The van der Waals surface area contributed by atoms with Crippen molar-refractivity contribution in [2.75, 3.05) is 0 Å². The fourth-order valence-corrected chi connectivity index (χ4v) is 3.33. The van der Waals surface area contributed by atoms with E-state index in [4.69, 9.17) is 7.85 Å². The van der Waals surface area contributed by atoms with Crippen LogP contribution in [0.2, 0.25) is 0 Å². The molecule has 0 aliphatic heterocycles. The number of hydrogen-bond acceptors (Lipinski definition) is 2.